The highest BCUT2D eigenvalue weighted by Gasteiger charge is 2.33. The lowest BCUT2D eigenvalue weighted by Gasteiger charge is -2.14. The summed E-state index contributed by atoms with van der Waals surface area (Å²) in [5.74, 6) is -1.84. The molecule has 0 N–H and O–H groups in total. The Balaban J connectivity index is 3.34. The first-order chi connectivity index (χ1) is 9.34. The van der Waals surface area contributed by atoms with Crippen LogP contribution in [0.5, 0.6) is 5.75 Å². The maximum absolute atomic E-state index is 12.2. The molecule has 0 amide bonds. The number of esters is 1. The molecule has 0 aliphatic rings. The summed E-state index contributed by atoms with van der Waals surface area (Å²) in [6.45, 7) is 1.63. The molecule has 0 heterocycles. The van der Waals surface area contributed by atoms with E-state index in [9.17, 15) is 18.0 Å². The minimum atomic E-state index is -4.92. The molecular weight excluding hydrogens is 299 g/mol. The third kappa shape index (κ3) is 3.78. The third-order valence-electron chi connectivity index (χ3n) is 2.24. The van der Waals surface area contributed by atoms with Gasteiger partial charge in [0, 0.05) is 5.56 Å². The van der Waals surface area contributed by atoms with Crippen LogP contribution in [0, 0.1) is 11.3 Å². The van der Waals surface area contributed by atoms with Gasteiger partial charge in [-0.15, -0.1) is 24.8 Å². The van der Waals surface area contributed by atoms with Gasteiger partial charge in [0.05, 0.1) is 23.6 Å². The lowest BCUT2D eigenvalue weighted by Crippen LogP contribution is -2.19. The highest BCUT2D eigenvalue weighted by Crippen LogP contribution is 2.31. The molecule has 1 aromatic rings. The molecular formula is C12H9ClF3NO3. The Labute approximate surface area is 117 Å². The van der Waals surface area contributed by atoms with Crippen molar-refractivity contribution < 1.29 is 27.4 Å². The quantitative estimate of drug-likeness (QED) is 0.632. The van der Waals surface area contributed by atoms with Crippen molar-refractivity contribution in [2.75, 3.05) is 6.61 Å². The molecule has 0 saturated carbocycles. The van der Waals surface area contributed by atoms with Crippen molar-refractivity contribution in [3.8, 4) is 11.8 Å². The van der Waals surface area contributed by atoms with Gasteiger partial charge in [0.25, 0.3) is 0 Å². The van der Waals surface area contributed by atoms with E-state index in [1.54, 1.807) is 13.0 Å². The van der Waals surface area contributed by atoms with E-state index < -0.39 is 24.0 Å². The van der Waals surface area contributed by atoms with Crippen LogP contribution in [-0.2, 0) is 10.6 Å². The van der Waals surface area contributed by atoms with E-state index in [0.29, 0.717) is 0 Å². The van der Waals surface area contributed by atoms with Crippen LogP contribution in [0.25, 0.3) is 0 Å². The second-order valence-electron chi connectivity index (χ2n) is 3.48. The first-order valence-corrected chi connectivity index (χ1v) is 5.92. The van der Waals surface area contributed by atoms with Gasteiger partial charge in [0.2, 0.25) is 0 Å². The van der Waals surface area contributed by atoms with Gasteiger partial charge in [-0.25, -0.2) is 4.79 Å². The van der Waals surface area contributed by atoms with Crippen LogP contribution in [0.15, 0.2) is 12.1 Å². The lowest BCUT2D eigenvalue weighted by molar-refractivity contribution is -0.274. The average Bonchev–Trinajstić information content (AvgIpc) is 2.36. The topological polar surface area (TPSA) is 59.3 Å². The number of ether oxygens (including phenoxy) is 2. The summed E-state index contributed by atoms with van der Waals surface area (Å²) < 4.78 is 45.2. The average molecular weight is 308 g/mol. The van der Waals surface area contributed by atoms with E-state index >= 15 is 0 Å². The smallest absolute Gasteiger partial charge is 0.462 e. The minimum absolute atomic E-state index is 0.0702. The first-order valence-electron chi connectivity index (χ1n) is 5.38. The monoisotopic (exact) mass is 307 g/mol. The van der Waals surface area contributed by atoms with Gasteiger partial charge in [0.1, 0.15) is 11.8 Å². The molecule has 0 unspecified atom stereocenters. The highest BCUT2D eigenvalue weighted by molar-refractivity contribution is 6.17. The summed E-state index contributed by atoms with van der Waals surface area (Å²) in [5, 5.41) is 9.02. The number of hydrogen-bond donors (Lipinski definition) is 0. The van der Waals surface area contributed by atoms with E-state index in [2.05, 4.69) is 4.74 Å². The van der Waals surface area contributed by atoms with E-state index in [1.807, 2.05) is 0 Å². The number of halogens is 4. The van der Waals surface area contributed by atoms with Crippen LogP contribution in [0.4, 0.5) is 13.2 Å². The second-order valence-corrected chi connectivity index (χ2v) is 3.75. The van der Waals surface area contributed by atoms with Crippen molar-refractivity contribution in [1.82, 2.24) is 0 Å². The Hall–Kier alpha value is -1.94. The maximum Gasteiger partial charge on any atom is 0.573 e. The van der Waals surface area contributed by atoms with Crippen LogP contribution < -0.4 is 4.74 Å². The standard InChI is InChI=1S/C12H9ClF3NO3/c1-2-19-11(18)7-3-4-10(20-12(14,15)16)8(5-13)9(7)6-17/h3-4H,2,5H2,1H3. The van der Waals surface area contributed by atoms with Crippen molar-refractivity contribution in [2.24, 2.45) is 0 Å². The molecule has 4 nitrogen and oxygen atoms in total. The molecule has 0 fully saturated rings. The number of benzene rings is 1. The molecule has 0 saturated heterocycles. The van der Waals surface area contributed by atoms with E-state index in [1.165, 1.54) is 0 Å². The zero-order valence-electron chi connectivity index (χ0n) is 10.3. The summed E-state index contributed by atoms with van der Waals surface area (Å²) in [5.41, 5.74) is -0.656. The summed E-state index contributed by atoms with van der Waals surface area (Å²) in [6, 6.07) is 3.61. The number of carbonyl (C=O) groups excluding carboxylic acids is 1. The lowest BCUT2D eigenvalue weighted by atomic mass is 10.0. The molecule has 0 spiro atoms. The Morgan fingerprint density at radius 3 is 2.55 bits per heavy atom. The van der Waals surface area contributed by atoms with Crippen LogP contribution in [0.1, 0.15) is 28.4 Å². The Morgan fingerprint density at radius 1 is 1.45 bits per heavy atom. The Bertz CT molecular complexity index is 552. The summed E-state index contributed by atoms with van der Waals surface area (Å²) in [6.07, 6.45) is -4.92. The number of rotatable bonds is 4. The van der Waals surface area contributed by atoms with Gasteiger partial charge in [-0.05, 0) is 19.1 Å². The van der Waals surface area contributed by atoms with Crippen LogP contribution in [-0.4, -0.2) is 18.9 Å². The molecule has 0 bridgehead atoms. The summed E-state index contributed by atoms with van der Waals surface area (Å²) >= 11 is 5.55. The van der Waals surface area contributed by atoms with Gasteiger partial charge in [-0.1, -0.05) is 0 Å². The van der Waals surface area contributed by atoms with Gasteiger partial charge in [-0.3, -0.25) is 0 Å². The molecule has 0 aliphatic heterocycles. The molecule has 1 rings (SSSR count). The fraction of sp³-hybridized carbons (Fsp3) is 0.333. The number of alkyl halides is 4. The first kappa shape index (κ1) is 16.1. The molecule has 20 heavy (non-hydrogen) atoms. The van der Waals surface area contributed by atoms with Crippen molar-refractivity contribution in [1.29, 1.82) is 5.26 Å². The molecule has 0 atom stereocenters. The SMILES string of the molecule is CCOC(=O)c1ccc(OC(F)(F)F)c(CCl)c1C#N. The fourth-order valence-electron chi connectivity index (χ4n) is 1.49. The van der Waals surface area contributed by atoms with Crippen molar-refractivity contribution in [3.05, 3.63) is 28.8 Å². The zero-order valence-corrected chi connectivity index (χ0v) is 11.0. The number of carbonyl (C=O) groups is 1. The summed E-state index contributed by atoms with van der Waals surface area (Å²) in [7, 11) is 0. The van der Waals surface area contributed by atoms with Crippen molar-refractivity contribution >= 4 is 17.6 Å². The number of hydrogen-bond acceptors (Lipinski definition) is 4. The predicted molar refractivity (Wildman–Crippen MR) is 63.4 cm³/mol. The zero-order chi connectivity index (χ0) is 15.3. The van der Waals surface area contributed by atoms with Crippen LogP contribution in [0.2, 0.25) is 0 Å². The molecule has 108 valence electrons. The molecule has 0 aliphatic carbocycles. The highest BCUT2D eigenvalue weighted by atomic mass is 35.5. The van der Waals surface area contributed by atoms with E-state index in [0.717, 1.165) is 12.1 Å². The minimum Gasteiger partial charge on any atom is -0.462 e. The van der Waals surface area contributed by atoms with Crippen molar-refractivity contribution in [3.63, 3.8) is 0 Å². The third-order valence-corrected chi connectivity index (χ3v) is 2.50. The molecule has 1 aromatic carbocycles. The maximum atomic E-state index is 12.2. The van der Waals surface area contributed by atoms with E-state index in [4.69, 9.17) is 21.6 Å². The Morgan fingerprint density at radius 2 is 2.10 bits per heavy atom. The van der Waals surface area contributed by atoms with Gasteiger partial charge >= 0.3 is 12.3 Å². The van der Waals surface area contributed by atoms with Gasteiger partial charge in [-0.2, -0.15) is 5.26 Å². The second kappa shape index (κ2) is 6.48. The molecule has 8 heteroatoms. The predicted octanol–water partition coefficient (Wildman–Crippen LogP) is 3.37. The molecule has 0 aromatic heterocycles. The number of nitriles is 1. The number of nitrogens with zero attached hydrogens (tertiary/aromatic N) is 1. The van der Waals surface area contributed by atoms with Crippen molar-refractivity contribution in [2.45, 2.75) is 19.2 Å². The fourth-order valence-corrected chi connectivity index (χ4v) is 1.75. The Kier molecular flexibility index (Phi) is 5.22. The summed E-state index contributed by atoms with van der Waals surface area (Å²) in [4.78, 5) is 11.6. The molecule has 0 radical (unpaired) electrons. The van der Waals surface area contributed by atoms with Gasteiger partial charge < -0.3 is 9.47 Å². The van der Waals surface area contributed by atoms with Crippen LogP contribution in [0.3, 0.4) is 0 Å². The van der Waals surface area contributed by atoms with E-state index in [-0.39, 0.29) is 23.3 Å². The largest absolute Gasteiger partial charge is 0.573 e. The van der Waals surface area contributed by atoms with Crippen LogP contribution >= 0.6 is 11.6 Å². The van der Waals surface area contributed by atoms with Gasteiger partial charge in [0.15, 0.2) is 0 Å². The normalized spacial score (nSPS) is 10.8.